The van der Waals surface area contributed by atoms with Gasteiger partial charge in [-0.1, -0.05) is 30.3 Å². The molecule has 2 N–H and O–H groups in total. The first-order chi connectivity index (χ1) is 15.5. The third kappa shape index (κ3) is 3.76. The molecule has 1 aliphatic rings. The van der Waals surface area contributed by atoms with Gasteiger partial charge >= 0.3 is 0 Å². The normalized spacial score (nSPS) is 19.9. The topological polar surface area (TPSA) is 65.7 Å². The van der Waals surface area contributed by atoms with Crippen molar-refractivity contribution in [2.45, 2.75) is 39.0 Å². The van der Waals surface area contributed by atoms with Crippen LogP contribution < -0.4 is 10.2 Å². The third-order valence-corrected chi connectivity index (χ3v) is 6.36. The lowest BCUT2D eigenvalue weighted by atomic mass is 10.0. The molecule has 0 amide bonds. The second-order valence-electron chi connectivity index (χ2n) is 8.78. The Labute approximate surface area is 188 Å². The van der Waals surface area contributed by atoms with Crippen molar-refractivity contribution in [3.63, 3.8) is 0 Å². The van der Waals surface area contributed by atoms with Gasteiger partial charge in [-0.15, -0.1) is 0 Å². The van der Waals surface area contributed by atoms with Crippen LogP contribution in [0.25, 0.3) is 27.9 Å². The summed E-state index contributed by atoms with van der Waals surface area (Å²) in [4.78, 5) is 7.21. The van der Waals surface area contributed by atoms with E-state index in [2.05, 4.69) is 53.4 Å². The van der Waals surface area contributed by atoms with Crippen LogP contribution in [-0.2, 0) is 0 Å². The van der Waals surface area contributed by atoms with Gasteiger partial charge < -0.3 is 15.3 Å². The minimum Gasteiger partial charge on any atom is -0.389 e. The monoisotopic (exact) mass is 427 g/mol. The van der Waals surface area contributed by atoms with E-state index in [1.54, 1.807) is 6.92 Å². The van der Waals surface area contributed by atoms with E-state index in [1.165, 1.54) is 5.69 Å². The van der Waals surface area contributed by atoms with Gasteiger partial charge in [0.1, 0.15) is 0 Å². The molecule has 0 aliphatic carbocycles. The average molecular weight is 428 g/mol. The third-order valence-electron chi connectivity index (χ3n) is 6.36. The molecule has 1 saturated heterocycles. The number of nitrogens with one attached hydrogen (secondary N) is 1. The van der Waals surface area contributed by atoms with Crippen LogP contribution in [0, 0.1) is 0 Å². The first-order valence-electron chi connectivity index (χ1n) is 11.2. The number of piperazine rings is 1. The number of hydrogen-bond acceptors (Lipinski definition) is 5. The van der Waals surface area contributed by atoms with Crippen LogP contribution in [0.4, 0.5) is 5.69 Å². The lowest BCUT2D eigenvalue weighted by Crippen LogP contribution is -2.55. The van der Waals surface area contributed by atoms with Gasteiger partial charge in [-0.3, -0.25) is 0 Å². The second kappa shape index (κ2) is 8.37. The fourth-order valence-corrected chi connectivity index (χ4v) is 4.66. The van der Waals surface area contributed by atoms with Gasteiger partial charge in [0.05, 0.1) is 12.3 Å². The fourth-order valence-electron chi connectivity index (χ4n) is 4.66. The molecule has 5 rings (SSSR count). The summed E-state index contributed by atoms with van der Waals surface area (Å²) < 4.78 is 1.83. The summed E-state index contributed by atoms with van der Waals surface area (Å²) in [5.41, 5.74) is 7.04. The number of fused-ring (bicyclic) bond motifs is 1. The van der Waals surface area contributed by atoms with E-state index >= 15 is 0 Å². The lowest BCUT2D eigenvalue weighted by molar-refractivity contribution is 0.199. The number of rotatable bonds is 4. The Kier molecular flexibility index (Phi) is 5.41. The number of benzene rings is 2. The molecule has 2 aromatic carbocycles. The summed E-state index contributed by atoms with van der Waals surface area (Å²) in [7, 11) is 0. The first kappa shape index (κ1) is 20.7. The molecule has 0 saturated carbocycles. The Bertz CT molecular complexity index is 1220. The molecular weight excluding hydrogens is 398 g/mol. The highest BCUT2D eigenvalue weighted by molar-refractivity contribution is 5.78. The van der Waals surface area contributed by atoms with Crippen molar-refractivity contribution in [1.82, 2.24) is 19.9 Å². The summed E-state index contributed by atoms with van der Waals surface area (Å²) in [6.07, 6.45) is 5.26. The van der Waals surface area contributed by atoms with Crippen LogP contribution in [0.2, 0.25) is 0 Å². The summed E-state index contributed by atoms with van der Waals surface area (Å²) in [6.45, 7) is 8.32. The van der Waals surface area contributed by atoms with E-state index in [0.717, 1.165) is 46.6 Å². The predicted octanol–water partition coefficient (Wildman–Crippen LogP) is 4.30. The van der Waals surface area contributed by atoms with Gasteiger partial charge in [0, 0.05) is 54.4 Å². The Morgan fingerprint density at radius 2 is 1.72 bits per heavy atom. The molecule has 4 aromatic rings. The zero-order chi connectivity index (χ0) is 22.2. The molecule has 1 aliphatic heterocycles. The molecule has 6 heteroatoms. The van der Waals surface area contributed by atoms with Crippen molar-refractivity contribution in [2.24, 2.45) is 0 Å². The van der Waals surface area contributed by atoms with Crippen molar-refractivity contribution in [2.75, 3.05) is 18.0 Å². The average Bonchev–Trinajstić information content (AvgIpc) is 3.23. The predicted molar refractivity (Wildman–Crippen MR) is 129 cm³/mol. The van der Waals surface area contributed by atoms with Crippen LogP contribution in [0.1, 0.15) is 32.4 Å². The van der Waals surface area contributed by atoms with Crippen LogP contribution >= 0.6 is 0 Å². The Balaban J connectivity index is 1.44. The molecule has 0 radical (unpaired) electrons. The molecule has 1 unspecified atom stereocenters. The van der Waals surface area contributed by atoms with E-state index in [0.29, 0.717) is 12.1 Å². The highest BCUT2D eigenvalue weighted by Crippen LogP contribution is 2.29. The van der Waals surface area contributed by atoms with Gasteiger partial charge in [0.15, 0.2) is 5.65 Å². The number of aliphatic hydroxyl groups is 1. The minimum absolute atomic E-state index is 0.470. The summed E-state index contributed by atoms with van der Waals surface area (Å²) in [6, 6.07) is 17.6. The number of anilines is 1. The van der Waals surface area contributed by atoms with Crippen molar-refractivity contribution >= 4 is 11.3 Å². The Morgan fingerprint density at radius 3 is 2.44 bits per heavy atom. The fraction of sp³-hybridized carbons (Fsp3) is 0.308. The number of aliphatic hydroxyl groups excluding tert-OH is 1. The molecule has 32 heavy (non-hydrogen) atoms. The molecule has 3 atom stereocenters. The minimum atomic E-state index is -0.508. The van der Waals surface area contributed by atoms with E-state index < -0.39 is 6.10 Å². The number of aromatic nitrogens is 3. The molecule has 6 nitrogen and oxygen atoms in total. The summed E-state index contributed by atoms with van der Waals surface area (Å²) in [5.74, 6) is 0. The van der Waals surface area contributed by atoms with Gasteiger partial charge in [-0.05, 0) is 55.7 Å². The first-order valence-corrected chi connectivity index (χ1v) is 11.2. The maximum Gasteiger partial charge on any atom is 0.162 e. The van der Waals surface area contributed by atoms with Gasteiger partial charge in [-0.25, -0.2) is 9.50 Å². The van der Waals surface area contributed by atoms with E-state index in [9.17, 15) is 5.11 Å². The highest BCUT2D eigenvalue weighted by atomic mass is 16.3. The highest BCUT2D eigenvalue weighted by Gasteiger charge is 2.24. The van der Waals surface area contributed by atoms with Gasteiger partial charge in [0.2, 0.25) is 0 Å². The van der Waals surface area contributed by atoms with Crippen molar-refractivity contribution in [3.05, 3.63) is 72.7 Å². The largest absolute Gasteiger partial charge is 0.389 e. The van der Waals surface area contributed by atoms with Crippen LogP contribution in [0.15, 0.2) is 67.1 Å². The zero-order valence-corrected chi connectivity index (χ0v) is 18.7. The van der Waals surface area contributed by atoms with Crippen LogP contribution in [0.5, 0.6) is 0 Å². The lowest BCUT2D eigenvalue weighted by Gasteiger charge is -2.41. The number of hydrogen-bond donors (Lipinski definition) is 2. The van der Waals surface area contributed by atoms with Gasteiger partial charge in [0.25, 0.3) is 0 Å². The summed E-state index contributed by atoms with van der Waals surface area (Å²) in [5, 5.41) is 17.9. The molecule has 1 fully saturated rings. The standard InChI is InChI=1S/C26H29N5O/c1-17-12-27-13-18(2)31(17)24-9-7-20(8-10-24)23-14-28-26-25(15-29-30(26)16-23)22-6-4-5-21(11-22)19(3)32/h4-11,14-19,27,32H,12-13H2,1-3H3/t17-,18+,19?. The molecule has 2 aromatic heterocycles. The molecule has 164 valence electrons. The van der Waals surface area contributed by atoms with Crippen LogP contribution in [0.3, 0.4) is 0 Å². The van der Waals surface area contributed by atoms with Crippen molar-refractivity contribution < 1.29 is 5.11 Å². The number of nitrogens with zero attached hydrogens (tertiary/aromatic N) is 4. The molecule has 3 heterocycles. The second-order valence-corrected chi connectivity index (χ2v) is 8.78. The van der Waals surface area contributed by atoms with E-state index in [1.807, 2.05) is 47.4 Å². The summed E-state index contributed by atoms with van der Waals surface area (Å²) >= 11 is 0. The maximum atomic E-state index is 9.91. The zero-order valence-electron chi connectivity index (χ0n) is 18.7. The molecule has 0 spiro atoms. The van der Waals surface area contributed by atoms with E-state index in [-0.39, 0.29) is 0 Å². The molecular formula is C26H29N5O. The maximum absolute atomic E-state index is 9.91. The van der Waals surface area contributed by atoms with Crippen LogP contribution in [-0.4, -0.2) is 44.9 Å². The van der Waals surface area contributed by atoms with Crippen molar-refractivity contribution in [1.29, 1.82) is 0 Å². The SMILES string of the molecule is CC(O)c1cccc(-c2cnn3cc(-c4ccc(N5[C@H](C)CNC[C@@H]5C)cc4)cnc23)c1. The van der Waals surface area contributed by atoms with Crippen molar-refractivity contribution in [3.8, 4) is 22.3 Å². The Morgan fingerprint density at radius 1 is 0.969 bits per heavy atom. The van der Waals surface area contributed by atoms with Gasteiger partial charge in [-0.2, -0.15) is 5.10 Å². The Hall–Kier alpha value is -3.22. The van der Waals surface area contributed by atoms with E-state index in [4.69, 9.17) is 4.98 Å². The smallest absolute Gasteiger partial charge is 0.162 e. The quantitative estimate of drug-likeness (QED) is 0.508. The molecule has 0 bridgehead atoms.